The number of hydrogen-bond acceptors (Lipinski definition) is 3. The minimum atomic E-state index is -3.30. The quantitative estimate of drug-likeness (QED) is 0.506. The normalized spacial score (nSPS) is 25.2. The van der Waals surface area contributed by atoms with E-state index in [0.717, 1.165) is 31.8 Å². The van der Waals surface area contributed by atoms with Gasteiger partial charge in [0.2, 0.25) is 9.05 Å². The lowest BCUT2D eigenvalue weighted by Gasteiger charge is -2.26. The molecule has 0 aromatic rings. The molecule has 0 radical (unpaired) electrons. The molecule has 0 saturated heterocycles. The van der Waals surface area contributed by atoms with Gasteiger partial charge in [-0.2, -0.15) is 0 Å². The summed E-state index contributed by atoms with van der Waals surface area (Å²) in [6.45, 7) is 3.12. The van der Waals surface area contributed by atoms with Crippen LogP contribution in [0.15, 0.2) is 0 Å². The molecule has 0 aromatic carbocycles. The molecule has 18 heavy (non-hydrogen) atoms. The Balaban J connectivity index is 1.90. The van der Waals surface area contributed by atoms with E-state index in [9.17, 15) is 8.42 Å². The second kappa shape index (κ2) is 8.39. The Bertz CT molecular complexity index is 308. The number of hydrogen-bond donors (Lipinski definition) is 0. The van der Waals surface area contributed by atoms with E-state index >= 15 is 0 Å². The van der Waals surface area contributed by atoms with E-state index in [-0.39, 0.29) is 5.75 Å². The summed E-state index contributed by atoms with van der Waals surface area (Å²) in [5.41, 5.74) is 0. The predicted molar refractivity (Wildman–Crippen MR) is 75.5 cm³/mol. The van der Waals surface area contributed by atoms with E-state index in [0.29, 0.717) is 12.5 Å². The van der Waals surface area contributed by atoms with Crippen LogP contribution in [-0.4, -0.2) is 26.9 Å². The molecule has 1 rings (SSSR count). The third-order valence-electron chi connectivity index (χ3n) is 3.60. The molecular formula is C13H25ClO3S. The fourth-order valence-corrected chi connectivity index (χ4v) is 3.25. The molecule has 0 spiro atoms. The molecule has 0 bridgehead atoms. The summed E-state index contributed by atoms with van der Waals surface area (Å²) in [7, 11) is 1.84. The first-order valence-electron chi connectivity index (χ1n) is 7.01. The van der Waals surface area contributed by atoms with Gasteiger partial charge in [-0.05, 0) is 44.4 Å². The van der Waals surface area contributed by atoms with Crippen LogP contribution in [0.4, 0.5) is 0 Å². The van der Waals surface area contributed by atoms with Crippen molar-refractivity contribution in [3.05, 3.63) is 0 Å². The highest BCUT2D eigenvalue weighted by atomic mass is 35.7. The van der Waals surface area contributed by atoms with Crippen LogP contribution >= 0.6 is 10.7 Å². The molecule has 108 valence electrons. The highest BCUT2D eigenvalue weighted by Crippen LogP contribution is 2.25. The first kappa shape index (κ1) is 16.3. The molecular weight excluding hydrogens is 272 g/mol. The molecule has 0 amide bonds. The number of halogens is 1. The van der Waals surface area contributed by atoms with E-state index in [1.165, 1.54) is 25.7 Å². The fraction of sp³-hybridized carbons (Fsp3) is 1.00. The molecule has 0 aliphatic heterocycles. The summed E-state index contributed by atoms with van der Waals surface area (Å²) in [5, 5.41) is 0. The largest absolute Gasteiger partial charge is 0.378 e. The second-order valence-corrected chi connectivity index (χ2v) is 8.31. The van der Waals surface area contributed by atoms with Crippen molar-refractivity contribution in [1.82, 2.24) is 0 Å². The first-order chi connectivity index (χ1) is 8.47. The zero-order valence-electron chi connectivity index (χ0n) is 11.2. The second-order valence-electron chi connectivity index (χ2n) is 5.41. The summed E-state index contributed by atoms with van der Waals surface area (Å²) in [4.78, 5) is 0. The van der Waals surface area contributed by atoms with Crippen molar-refractivity contribution in [2.24, 2.45) is 5.92 Å². The molecule has 1 aliphatic rings. The van der Waals surface area contributed by atoms with Crippen molar-refractivity contribution in [3.8, 4) is 0 Å². The zero-order chi connectivity index (χ0) is 13.4. The SMILES string of the molecule is CC1CCC(OCCCCCCS(=O)(=O)Cl)CC1. The predicted octanol–water partition coefficient (Wildman–Crippen LogP) is 3.71. The minimum Gasteiger partial charge on any atom is -0.378 e. The maximum absolute atomic E-state index is 10.7. The topological polar surface area (TPSA) is 43.4 Å². The third-order valence-corrected chi connectivity index (χ3v) is 4.84. The summed E-state index contributed by atoms with van der Waals surface area (Å²) in [5.74, 6) is 0.956. The standard InChI is InChI=1S/C13H25ClO3S/c1-12-6-8-13(9-7-12)17-10-4-2-3-5-11-18(14,15)16/h12-13H,2-11H2,1H3. The number of unbranched alkanes of at least 4 members (excludes halogenated alkanes) is 3. The molecule has 0 aromatic heterocycles. The molecule has 1 saturated carbocycles. The van der Waals surface area contributed by atoms with Gasteiger partial charge in [-0.1, -0.05) is 19.8 Å². The van der Waals surface area contributed by atoms with E-state index in [1.54, 1.807) is 0 Å². The summed E-state index contributed by atoms with van der Waals surface area (Å²) < 4.78 is 27.2. The van der Waals surface area contributed by atoms with Gasteiger partial charge in [0.05, 0.1) is 11.9 Å². The smallest absolute Gasteiger partial charge is 0.232 e. The molecule has 3 nitrogen and oxygen atoms in total. The van der Waals surface area contributed by atoms with Crippen LogP contribution in [0.25, 0.3) is 0 Å². The van der Waals surface area contributed by atoms with Crippen molar-refractivity contribution in [2.45, 2.75) is 64.4 Å². The zero-order valence-corrected chi connectivity index (χ0v) is 12.8. The minimum absolute atomic E-state index is 0.0932. The molecule has 0 N–H and O–H groups in total. The Kier molecular flexibility index (Phi) is 7.57. The van der Waals surface area contributed by atoms with E-state index in [1.807, 2.05) is 0 Å². The van der Waals surface area contributed by atoms with Crippen molar-refractivity contribution in [1.29, 1.82) is 0 Å². The summed E-state index contributed by atoms with van der Waals surface area (Å²) >= 11 is 0. The van der Waals surface area contributed by atoms with E-state index in [4.69, 9.17) is 15.4 Å². The van der Waals surface area contributed by atoms with Gasteiger partial charge in [-0.25, -0.2) is 8.42 Å². The Morgan fingerprint density at radius 1 is 1.06 bits per heavy atom. The van der Waals surface area contributed by atoms with Crippen LogP contribution in [0.5, 0.6) is 0 Å². The Morgan fingerprint density at radius 3 is 2.28 bits per heavy atom. The van der Waals surface area contributed by atoms with Crippen LogP contribution in [-0.2, 0) is 13.8 Å². The lowest BCUT2D eigenvalue weighted by molar-refractivity contribution is 0.0179. The number of ether oxygens (including phenoxy) is 1. The van der Waals surface area contributed by atoms with Crippen LogP contribution in [0.2, 0.25) is 0 Å². The fourth-order valence-electron chi connectivity index (χ4n) is 2.38. The van der Waals surface area contributed by atoms with Crippen LogP contribution in [0.3, 0.4) is 0 Å². The molecule has 0 atom stereocenters. The Labute approximate surface area is 116 Å². The van der Waals surface area contributed by atoms with Gasteiger partial charge in [0.15, 0.2) is 0 Å². The molecule has 5 heteroatoms. The molecule has 1 fully saturated rings. The molecule has 0 heterocycles. The van der Waals surface area contributed by atoms with Crippen molar-refractivity contribution in [3.63, 3.8) is 0 Å². The van der Waals surface area contributed by atoms with Crippen LogP contribution < -0.4 is 0 Å². The van der Waals surface area contributed by atoms with Gasteiger partial charge in [-0.3, -0.25) is 0 Å². The molecule has 1 aliphatic carbocycles. The Morgan fingerprint density at radius 2 is 1.67 bits per heavy atom. The van der Waals surface area contributed by atoms with E-state index in [2.05, 4.69) is 6.92 Å². The average Bonchev–Trinajstić information content (AvgIpc) is 2.29. The lowest BCUT2D eigenvalue weighted by Crippen LogP contribution is -2.20. The van der Waals surface area contributed by atoms with Gasteiger partial charge in [0.25, 0.3) is 0 Å². The monoisotopic (exact) mass is 296 g/mol. The van der Waals surface area contributed by atoms with Gasteiger partial charge in [0.1, 0.15) is 0 Å². The summed E-state index contributed by atoms with van der Waals surface area (Å²) in [6.07, 6.45) is 9.06. The van der Waals surface area contributed by atoms with Crippen LogP contribution in [0.1, 0.15) is 58.3 Å². The highest BCUT2D eigenvalue weighted by molar-refractivity contribution is 8.13. The maximum atomic E-state index is 10.7. The average molecular weight is 297 g/mol. The van der Waals surface area contributed by atoms with Gasteiger partial charge >= 0.3 is 0 Å². The first-order valence-corrected chi connectivity index (χ1v) is 9.49. The van der Waals surface area contributed by atoms with Gasteiger partial charge in [-0.15, -0.1) is 0 Å². The lowest BCUT2D eigenvalue weighted by atomic mass is 9.89. The number of rotatable bonds is 8. The van der Waals surface area contributed by atoms with Crippen molar-refractivity contribution in [2.75, 3.05) is 12.4 Å². The maximum Gasteiger partial charge on any atom is 0.232 e. The van der Waals surface area contributed by atoms with Crippen molar-refractivity contribution < 1.29 is 13.2 Å². The molecule has 0 unspecified atom stereocenters. The summed E-state index contributed by atoms with van der Waals surface area (Å²) in [6, 6.07) is 0. The van der Waals surface area contributed by atoms with Crippen molar-refractivity contribution >= 4 is 19.7 Å². The third kappa shape index (κ3) is 8.33. The van der Waals surface area contributed by atoms with Gasteiger partial charge in [0, 0.05) is 17.3 Å². The highest BCUT2D eigenvalue weighted by Gasteiger charge is 2.18. The Hall–Kier alpha value is 0.200. The van der Waals surface area contributed by atoms with E-state index < -0.39 is 9.05 Å². The van der Waals surface area contributed by atoms with Crippen LogP contribution in [0, 0.1) is 5.92 Å². The van der Waals surface area contributed by atoms with Gasteiger partial charge < -0.3 is 4.74 Å².